The maximum atomic E-state index is 14.0. The second-order valence-corrected chi connectivity index (χ2v) is 14.2. The average molecular weight is 572 g/mol. The molecule has 0 heterocycles. The van der Waals surface area contributed by atoms with Crippen molar-refractivity contribution in [1.82, 2.24) is 5.32 Å². The zero-order valence-corrected chi connectivity index (χ0v) is 24.7. The molecule has 2 aliphatic carbocycles. The Kier molecular flexibility index (Phi) is 8.41. The van der Waals surface area contributed by atoms with Crippen LogP contribution in [0.1, 0.15) is 62.3 Å². The van der Waals surface area contributed by atoms with Gasteiger partial charge in [0.25, 0.3) is 0 Å². The smallest absolute Gasteiger partial charge is 0.408 e. The molecule has 3 rings (SSSR count). The predicted molar refractivity (Wildman–Crippen MR) is 141 cm³/mol. The Balaban J connectivity index is 2.05. The highest BCUT2D eigenvalue weighted by atomic mass is 32.2. The maximum absolute atomic E-state index is 14.0. The molecule has 0 radical (unpaired) electrons. The third kappa shape index (κ3) is 7.03. The van der Waals surface area contributed by atoms with Crippen LogP contribution in [0.5, 0.6) is 0 Å². The van der Waals surface area contributed by atoms with E-state index < -0.39 is 81.8 Å². The molecule has 2 aliphatic rings. The van der Waals surface area contributed by atoms with Gasteiger partial charge in [0.1, 0.15) is 16.8 Å². The van der Waals surface area contributed by atoms with Crippen molar-refractivity contribution < 1.29 is 42.5 Å². The molecule has 1 aromatic rings. The molecular formula is C28H39F2NO7S. The molecule has 1 aromatic carbocycles. The van der Waals surface area contributed by atoms with Gasteiger partial charge in [0, 0.05) is 28.4 Å². The molecule has 6 atom stereocenters. The van der Waals surface area contributed by atoms with E-state index in [1.165, 1.54) is 6.07 Å². The summed E-state index contributed by atoms with van der Waals surface area (Å²) in [5.41, 5.74) is -4.53. The maximum Gasteiger partial charge on any atom is 0.408 e. The zero-order valence-electron chi connectivity index (χ0n) is 23.9. The van der Waals surface area contributed by atoms with Gasteiger partial charge < -0.3 is 24.6 Å². The second kappa shape index (κ2) is 10.5. The monoisotopic (exact) mass is 571 g/mol. The number of thioether (sulfide) groups is 1. The Bertz CT molecular complexity index is 1120. The molecule has 0 saturated heterocycles. The van der Waals surface area contributed by atoms with Gasteiger partial charge in [-0.05, 0) is 80.5 Å². The van der Waals surface area contributed by atoms with Crippen molar-refractivity contribution in [2.24, 2.45) is 23.7 Å². The number of ether oxygens (including phenoxy) is 3. The summed E-state index contributed by atoms with van der Waals surface area (Å²) in [5, 5.41) is 14.2. The number of nitrogens with one attached hydrogen (secondary N) is 1. The van der Waals surface area contributed by atoms with Crippen LogP contribution in [0.4, 0.5) is 13.6 Å². The van der Waals surface area contributed by atoms with Gasteiger partial charge >= 0.3 is 18.0 Å². The highest BCUT2D eigenvalue weighted by molar-refractivity contribution is 7.99. The van der Waals surface area contributed by atoms with Crippen LogP contribution in [0.15, 0.2) is 23.1 Å². The lowest BCUT2D eigenvalue weighted by atomic mass is 9.80. The first-order valence-electron chi connectivity index (χ1n) is 12.9. The topological polar surface area (TPSA) is 111 Å². The third-order valence-corrected chi connectivity index (χ3v) is 7.55. The van der Waals surface area contributed by atoms with Crippen LogP contribution >= 0.6 is 11.8 Å². The van der Waals surface area contributed by atoms with Crippen LogP contribution in [0.25, 0.3) is 0 Å². The number of amides is 1. The van der Waals surface area contributed by atoms with Crippen molar-refractivity contribution in [3.05, 3.63) is 29.8 Å². The number of carbonyl (C=O) groups excluding carboxylic acids is 3. The minimum atomic E-state index is -1.85. The number of alkyl carbamates (subject to hydrolysis) is 1. The molecule has 2 fully saturated rings. The highest BCUT2D eigenvalue weighted by Crippen LogP contribution is 2.66. The number of aliphatic hydroxyl groups excluding tert-OH is 1. The molecular weight excluding hydrogens is 532 g/mol. The van der Waals surface area contributed by atoms with Crippen LogP contribution in [-0.2, 0) is 23.8 Å². The molecule has 39 heavy (non-hydrogen) atoms. The summed E-state index contributed by atoms with van der Waals surface area (Å²) in [7, 11) is 0. The first kappa shape index (κ1) is 31.1. The second-order valence-electron chi connectivity index (χ2n) is 13.1. The van der Waals surface area contributed by atoms with Gasteiger partial charge in [-0.2, -0.15) is 0 Å². The molecule has 0 aromatic heterocycles. The minimum Gasteiger partial charge on any atom is -0.460 e. The Hall–Kier alpha value is -2.40. The van der Waals surface area contributed by atoms with E-state index in [4.69, 9.17) is 14.2 Å². The summed E-state index contributed by atoms with van der Waals surface area (Å²) in [6, 6.07) is 3.38. The van der Waals surface area contributed by atoms with Crippen LogP contribution in [0.3, 0.4) is 0 Å². The van der Waals surface area contributed by atoms with E-state index in [-0.39, 0.29) is 5.75 Å². The standard InChI is InChI=1S/C28H39F2NO7S/c1-25(2,3)36-22(33)19-18-20(19)28(23(34)37-26(4,5)6,31-24(35)38-27(7,8)9)15(21(18)32)13-39-14-10-11-16(29)17(30)12-14/h10-12,15,18-21,32H,13H2,1-9H3,(H,31,35). The van der Waals surface area contributed by atoms with Crippen molar-refractivity contribution in [2.75, 3.05) is 5.75 Å². The quantitative estimate of drug-likeness (QED) is 0.283. The van der Waals surface area contributed by atoms with Gasteiger partial charge in [-0.25, -0.2) is 18.4 Å². The van der Waals surface area contributed by atoms with Crippen molar-refractivity contribution in [1.29, 1.82) is 0 Å². The Morgan fingerprint density at radius 1 is 0.923 bits per heavy atom. The van der Waals surface area contributed by atoms with E-state index >= 15 is 0 Å². The van der Waals surface area contributed by atoms with Crippen molar-refractivity contribution >= 4 is 29.8 Å². The van der Waals surface area contributed by atoms with Crippen LogP contribution in [-0.4, -0.2) is 57.3 Å². The van der Waals surface area contributed by atoms with E-state index in [1.54, 1.807) is 62.3 Å². The predicted octanol–water partition coefficient (Wildman–Crippen LogP) is 4.86. The molecule has 11 heteroatoms. The molecule has 0 bridgehead atoms. The molecule has 2 saturated carbocycles. The molecule has 0 aliphatic heterocycles. The number of hydrogen-bond donors (Lipinski definition) is 2. The number of carbonyl (C=O) groups is 3. The number of aliphatic hydroxyl groups is 1. The zero-order chi connectivity index (χ0) is 29.7. The van der Waals surface area contributed by atoms with Crippen LogP contribution < -0.4 is 5.32 Å². The fourth-order valence-corrected chi connectivity index (χ4v) is 6.32. The lowest BCUT2D eigenvalue weighted by molar-refractivity contribution is -0.169. The Labute approximate surface area is 232 Å². The summed E-state index contributed by atoms with van der Waals surface area (Å²) in [6.07, 6.45) is -2.13. The van der Waals surface area contributed by atoms with Gasteiger partial charge in [-0.1, -0.05) is 0 Å². The number of rotatable bonds is 6. The van der Waals surface area contributed by atoms with Crippen molar-refractivity contribution in [3.8, 4) is 0 Å². The lowest BCUT2D eigenvalue weighted by Gasteiger charge is -2.40. The number of benzene rings is 1. The Morgan fingerprint density at radius 3 is 2.00 bits per heavy atom. The molecule has 1 amide bonds. The molecule has 6 unspecified atom stereocenters. The van der Waals surface area contributed by atoms with E-state index in [0.717, 1.165) is 23.9 Å². The van der Waals surface area contributed by atoms with E-state index in [9.17, 15) is 28.3 Å². The highest BCUT2D eigenvalue weighted by Gasteiger charge is 2.80. The van der Waals surface area contributed by atoms with Gasteiger partial charge in [0.15, 0.2) is 17.2 Å². The fourth-order valence-electron chi connectivity index (χ4n) is 5.14. The first-order valence-corrected chi connectivity index (χ1v) is 13.9. The van der Waals surface area contributed by atoms with Crippen molar-refractivity contribution in [2.45, 2.75) is 95.7 Å². The molecule has 2 N–H and O–H groups in total. The summed E-state index contributed by atoms with van der Waals surface area (Å²) in [6.45, 7) is 15.1. The summed E-state index contributed by atoms with van der Waals surface area (Å²) < 4.78 is 44.1. The Morgan fingerprint density at radius 2 is 1.49 bits per heavy atom. The van der Waals surface area contributed by atoms with Gasteiger partial charge in [0.05, 0.1) is 12.0 Å². The SMILES string of the molecule is CC(C)(C)OC(=O)NC1(C(=O)OC(C)(C)C)C(CSc2ccc(F)c(F)c2)C(O)C2C(C(=O)OC(C)(C)C)C21. The van der Waals surface area contributed by atoms with Crippen molar-refractivity contribution in [3.63, 3.8) is 0 Å². The normalized spacial score (nSPS) is 28.4. The van der Waals surface area contributed by atoms with E-state index in [2.05, 4.69) is 5.32 Å². The lowest BCUT2D eigenvalue weighted by Crippen LogP contribution is -2.64. The average Bonchev–Trinajstić information content (AvgIpc) is 3.42. The van der Waals surface area contributed by atoms with Gasteiger partial charge in [-0.3, -0.25) is 4.79 Å². The number of fused-ring (bicyclic) bond motifs is 1. The summed E-state index contributed by atoms with van der Waals surface area (Å²) >= 11 is 1.08. The van der Waals surface area contributed by atoms with Gasteiger partial charge in [-0.15, -0.1) is 11.8 Å². The van der Waals surface area contributed by atoms with E-state index in [0.29, 0.717) is 4.90 Å². The fraction of sp³-hybridized carbons (Fsp3) is 0.679. The van der Waals surface area contributed by atoms with E-state index in [1.807, 2.05) is 0 Å². The third-order valence-electron chi connectivity index (χ3n) is 6.44. The number of esters is 2. The number of halogens is 2. The number of hydrogen-bond acceptors (Lipinski definition) is 8. The molecule has 0 spiro atoms. The first-order chi connectivity index (χ1) is 17.7. The molecule has 218 valence electrons. The summed E-state index contributed by atoms with van der Waals surface area (Å²) in [5.74, 6) is -6.79. The largest absolute Gasteiger partial charge is 0.460 e. The molecule has 8 nitrogen and oxygen atoms in total. The summed E-state index contributed by atoms with van der Waals surface area (Å²) in [4.78, 5) is 40.6. The van der Waals surface area contributed by atoms with Crippen LogP contribution in [0, 0.1) is 35.3 Å². The van der Waals surface area contributed by atoms with Gasteiger partial charge in [0.2, 0.25) is 0 Å². The van der Waals surface area contributed by atoms with Crippen LogP contribution in [0.2, 0.25) is 0 Å². The minimum absolute atomic E-state index is 0.0231.